The number of rotatable bonds is 3. The number of esters is 1. The minimum Gasteiger partial charge on any atom is -0.466 e. The maximum atomic E-state index is 9.82. The van der Waals surface area contributed by atoms with Crippen LogP contribution in [-0.2, 0) is 16.0 Å². The van der Waals surface area contributed by atoms with Crippen molar-refractivity contribution >= 4 is 5.97 Å². The van der Waals surface area contributed by atoms with Gasteiger partial charge in [-0.15, -0.1) is 0 Å². The predicted molar refractivity (Wildman–Crippen MR) is 54.9 cm³/mol. The lowest BCUT2D eigenvalue weighted by Crippen LogP contribution is -1.95. The average Bonchev–Trinajstić information content (AvgIpc) is 2.58. The highest BCUT2D eigenvalue weighted by atomic mass is 16.5. The fourth-order valence-corrected chi connectivity index (χ4v) is 0.894. The number of aromatic nitrogens is 2. The minimum absolute atomic E-state index is 0.211. The molecule has 0 spiro atoms. The fourth-order valence-electron chi connectivity index (χ4n) is 0.894. The van der Waals surface area contributed by atoms with Gasteiger partial charge in [-0.25, -0.2) is 4.98 Å². The smallest absolute Gasteiger partial charge is 0.302 e. The molecule has 0 aliphatic carbocycles. The van der Waals surface area contributed by atoms with Crippen LogP contribution in [-0.4, -0.2) is 22.5 Å². The molecule has 0 aliphatic heterocycles. The van der Waals surface area contributed by atoms with Crippen molar-refractivity contribution in [3.8, 4) is 0 Å². The molecule has 0 amide bonds. The Balaban J connectivity index is 0.000000255. The van der Waals surface area contributed by atoms with Gasteiger partial charge in [-0.2, -0.15) is 0 Å². The number of nitrogens with zero attached hydrogens (tertiary/aromatic N) is 1. The number of carbonyl (C=O) groups is 1. The molecule has 0 unspecified atom stereocenters. The van der Waals surface area contributed by atoms with E-state index in [9.17, 15) is 4.79 Å². The zero-order chi connectivity index (χ0) is 10.8. The van der Waals surface area contributed by atoms with Crippen LogP contribution in [0.5, 0.6) is 0 Å². The number of aromatic amines is 1. The van der Waals surface area contributed by atoms with Gasteiger partial charge in [0.25, 0.3) is 0 Å². The van der Waals surface area contributed by atoms with Gasteiger partial charge < -0.3 is 9.72 Å². The van der Waals surface area contributed by atoms with E-state index in [0.717, 1.165) is 6.42 Å². The maximum Gasteiger partial charge on any atom is 0.302 e. The van der Waals surface area contributed by atoms with E-state index in [2.05, 4.69) is 21.6 Å². The molecule has 0 aromatic carbocycles. The Morgan fingerprint density at radius 3 is 2.57 bits per heavy atom. The first-order chi connectivity index (χ1) is 6.70. The molecule has 4 nitrogen and oxygen atoms in total. The number of imidazole rings is 1. The van der Waals surface area contributed by atoms with Crippen LogP contribution in [0.1, 0.15) is 32.9 Å². The van der Waals surface area contributed by atoms with Gasteiger partial charge in [0, 0.05) is 18.8 Å². The average molecular weight is 198 g/mol. The predicted octanol–water partition coefficient (Wildman–Crippen LogP) is 1.93. The minimum atomic E-state index is -0.211. The summed E-state index contributed by atoms with van der Waals surface area (Å²) in [4.78, 5) is 16.7. The summed E-state index contributed by atoms with van der Waals surface area (Å²) in [5, 5.41) is 0. The second-order valence-electron chi connectivity index (χ2n) is 2.75. The normalized spacial score (nSPS) is 8.79. The summed E-state index contributed by atoms with van der Waals surface area (Å²) in [6.45, 7) is 5.81. The summed E-state index contributed by atoms with van der Waals surface area (Å²) in [6, 6.07) is 0. The Hall–Kier alpha value is -1.32. The van der Waals surface area contributed by atoms with Crippen molar-refractivity contribution in [1.82, 2.24) is 9.97 Å². The number of hydrogen-bond acceptors (Lipinski definition) is 3. The lowest BCUT2D eigenvalue weighted by molar-refractivity contribution is -0.140. The molecule has 14 heavy (non-hydrogen) atoms. The molecule has 0 radical (unpaired) electrons. The van der Waals surface area contributed by atoms with Gasteiger partial charge in [0.1, 0.15) is 0 Å². The standard InChI is InChI=1S/C6H10N2.C4H8O2/c1-2-3-6-4-7-5-8-6;1-3-6-4(2)5/h4-5H,2-3H2,1H3,(H,7,8);3H2,1-2H3. The van der Waals surface area contributed by atoms with E-state index in [-0.39, 0.29) is 5.97 Å². The number of H-pyrrole nitrogens is 1. The summed E-state index contributed by atoms with van der Waals surface area (Å²) in [5.41, 5.74) is 1.23. The number of ether oxygens (including phenoxy) is 1. The highest BCUT2D eigenvalue weighted by molar-refractivity contribution is 5.65. The van der Waals surface area contributed by atoms with Gasteiger partial charge in [-0.3, -0.25) is 4.79 Å². The number of aryl methyl sites for hydroxylation is 1. The summed E-state index contributed by atoms with van der Waals surface area (Å²) >= 11 is 0. The summed E-state index contributed by atoms with van der Waals surface area (Å²) in [7, 11) is 0. The second kappa shape index (κ2) is 8.29. The molecule has 4 heteroatoms. The lowest BCUT2D eigenvalue weighted by atomic mass is 10.3. The van der Waals surface area contributed by atoms with E-state index in [1.807, 2.05) is 6.20 Å². The molecular weight excluding hydrogens is 180 g/mol. The zero-order valence-electron chi connectivity index (χ0n) is 9.04. The summed E-state index contributed by atoms with van der Waals surface area (Å²) < 4.78 is 4.40. The molecular formula is C10H18N2O2. The quantitative estimate of drug-likeness (QED) is 0.755. The number of nitrogens with one attached hydrogen (secondary N) is 1. The van der Waals surface area contributed by atoms with E-state index >= 15 is 0 Å². The van der Waals surface area contributed by atoms with Crippen molar-refractivity contribution in [2.75, 3.05) is 6.61 Å². The van der Waals surface area contributed by atoms with Crippen LogP contribution in [0.15, 0.2) is 12.5 Å². The molecule has 1 aromatic rings. The number of carbonyl (C=O) groups excluding carboxylic acids is 1. The summed E-state index contributed by atoms with van der Waals surface area (Å²) in [5.74, 6) is -0.211. The third kappa shape index (κ3) is 7.34. The largest absolute Gasteiger partial charge is 0.466 e. The third-order valence-electron chi connectivity index (χ3n) is 1.42. The van der Waals surface area contributed by atoms with Crippen molar-refractivity contribution < 1.29 is 9.53 Å². The molecule has 0 bridgehead atoms. The molecule has 1 aromatic heterocycles. The van der Waals surface area contributed by atoms with Crippen LogP contribution < -0.4 is 0 Å². The Morgan fingerprint density at radius 1 is 1.57 bits per heavy atom. The summed E-state index contributed by atoms with van der Waals surface area (Å²) in [6.07, 6.45) is 5.87. The molecule has 0 saturated heterocycles. The first-order valence-electron chi connectivity index (χ1n) is 4.81. The topological polar surface area (TPSA) is 55.0 Å². The van der Waals surface area contributed by atoms with Gasteiger partial charge in [-0.05, 0) is 13.3 Å². The Morgan fingerprint density at radius 2 is 2.29 bits per heavy atom. The van der Waals surface area contributed by atoms with Crippen LogP contribution in [0.2, 0.25) is 0 Å². The molecule has 0 atom stereocenters. The van der Waals surface area contributed by atoms with Gasteiger partial charge in [0.15, 0.2) is 0 Å². The molecule has 0 fully saturated rings. The molecule has 0 saturated carbocycles. The third-order valence-corrected chi connectivity index (χ3v) is 1.42. The molecule has 80 valence electrons. The van der Waals surface area contributed by atoms with E-state index in [1.54, 1.807) is 13.3 Å². The van der Waals surface area contributed by atoms with Crippen LogP contribution in [0.3, 0.4) is 0 Å². The van der Waals surface area contributed by atoms with Crippen molar-refractivity contribution in [3.05, 3.63) is 18.2 Å². The monoisotopic (exact) mass is 198 g/mol. The second-order valence-corrected chi connectivity index (χ2v) is 2.75. The van der Waals surface area contributed by atoms with Gasteiger partial charge in [-0.1, -0.05) is 13.3 Å². The first-order valence-corrected chi connectivity index (χ1v) is 4.81. The first kappa shape index (κ1) is 12.7. The Labute approximate surface area is 84.7 Å². The SMILES string of the molecule is CCCc1cnc[nH]1.CCOC(C)=O. The molecule has 1 rings (SSSR count). The van der Waals surface area contributed by atoms with Crippen LogP contribution in [0.25, 0.3) is 0 Å². The molecule has 0 aliphatic rings. The highest BCUT2D eigenvalue weighted by Crippen LogP contribution is 1.93. The fraction of sp³-hybridized carbons (Fsp3) is 0.600. The van der Waals surface area contributed by atoms with Gasteiger partial charge in [0.05, 0.1) is 12.9 Å². The Kier molecular flexibility index (Phi) is 7.50. The van der Waals surface area contributed by atoms with Gasteiger partial charge >= 0.3 is 5.97 Å². The molecule has 1 N–H and O–H groups in total. The number of hydrogen-bond donors (Lipinski definition) is 1. The van der Waals surface area contributed by atoms with Gasteiger partial charge in [0.2, 0.25) is 0 Å². The van der Waals surface area contributed by atoms with Crippen molar-refractivity contribution in [2.24, 2.45) is 0 Å². The van der Waals surface area contributed by atoms with E-state index in [0.29, 0.717) is 6.61 Å². The van der Waals surface area contributed by atoms with E-state index in [1.165, 1.54) is 19.0 Å². The van der Waals surface area contributed by atoms with Crippen molar-refractivity contribution in [2.45, 2.75) is 33.6 Å². The van der Waals surface area contributed by atoms with Crippen molar-refractivity contribution in [1.29, 1.82) is 0 Å². The zero-order valence-corrected chi connectivity index (χ0v) is 9.04. The van der Waals surface area contributed by atoms with Crippen LogP contribution in [0.4, 0.5) is 0 Å². The molecule has 1 heterocycles. The van der Waals surface area contributed by atoms with E-state index in [4.69, 9.17) is 0 Å². The maximum absolute atomic E-state index is 9.82. The van der Waals surface area contributed by atoms with E-state index < -0.39 is 0 Å². The lowest BCUT2D eigenvalue weighted by Gasteiger charge is -1.89. The van der Waals surface area contributed by atoms with Crippen molar-refractivity contribution in [3.63, 3.8) is 0 Å². The van der Waals surface area contributed by atoms with Crippen LogP contribution in [0, 0.1) is 0 Å². The highest BCUT2D eigenvalue weighted by Gasteiger charge is 1.86. The Bertz CT molecular complexity index is 232. The van der Waals surface area contributed by atoms with Crippen LogP contribution >= 0.6 is 0 Å².